The lowest BCUT2D eigenvalue weighted by Gasteiger charge is -2.45. The molecular weight excluding hydrogens is 470 g/mol. The summed E-state index contributed by atoms with van der Waals surface area (Å²) in [6.45, 7) is 13.8. The molecule has 3 N–H and O–H groups in total. The summed E-state index contributed by atoms with van der Waals surface area (Å²) in [5.41, 5.74) is 2.19. The second-order valence-corrected chi connectivity index (χ2v) is 11.6. The van der Waals surface area contributed by atoms with E-state index in [0.29, 0.717) is 19.6 Å². The van der Waals surface area contributed by atoms with E-state index in [-0.39, 0.29) is 23.7 Å². The summed E-state index contributed by atoms with van der Waals surface area (Å²) in [6.07, 6.45) is 6.46. The van der Waals surface area contributed by atoms with Crippen LogP contribution >= 0.6 is 0 Å². The van der Waals surface area contributed by atoms with E-state index in [9.17, 15) is 14.7 Å². The van der Waals surface area contributed by atoms with E-state index in [1.807, 2.05) is 34.6 Å². The zero-order valence-corrected chi connectivity index (χ0v) is 23.4. The summed E-state index contributed by atoms with van der Waals surface area (Å²) >= 11 is 0. The molecule has 0 aromatic carbocycles. The van der Waals surface area contributed by atoms with Gasteiger partial charge in [-0.05, 0) is 97.7 Å². The van der Waals surface area contributed by atoms with Gasteiger partial charge in [0, 0.05) is 37.4 Å². The number of carbonyl (C=O) groups excluding carboxylic acids is 1. The smallest absolute Gasteiger partial charge is 0.326 e. The Hall–Kier alpha value is -2.39. The minimum absolute atomic E-state index is 0.149. The van der Waals surface area contributed by atoms with Crippen molar-refractivity contribution < 1.29 is 19.4 Å². The second-order valence-electron chi connectivity index (χ2n) is 11.6. The number of urea groups is 1. The third kappa shape index (κ3) is 9.14. The van der Waals surface area contributed by atoms with Gasteiger partial charge in [0.1, 0.15) is 11.9 Å². The van der Waals surface area contributed by atoms with E-state index in [1.54, 1.807) is 4.90 Å². The van der Waals surface area contributed by atoms with Crippen LogP contribution in [0.25, 0.3) is 0 Å². The SMILES string of the molecule is CC1CC(C)N1C(=O)NC(CCN(CCCCc1ccc2c(n1)NCCC2)CCOC(C)(C)C)C(=O)O. The van der Waals surface area contributed by atoms with Gasteiger partial charge in [0.15, 0.2) is 0 Å². The molecule has 1 aromatic rings. The van der Waals surface area contributed by atoms with Gasteiger partial charge in [-0.15, -0.1) is 0 Å². The van der Waals surface area contributed by atoms with Crippen molar-refractivity contribution in [2.75, 3.05) is 38.1 Å². The molecule has 0 saturated carbocycles. The number of nitrogens with one attached hydrogen (secondary N) is 2. The summed E-state index contributed by atoms with van der Waals surface area (Å²) < 4.78 is 5.93. The summed E-state index contributed by atoms with van der Waals surface area (Å²) in [7, 11) is 0. The Bertz CT molecular complexity index is 895. The van der Waals surface area contributed by atoms with E-state index in [0.717, 1.165) is 69.7 Å². The molecule has 0 aliphatic carbocycles. The number of aliphatic carboxylic acids is 1. The minimum atomic E-state index is -0.993. The first-order chi connectivity index (χ1) is 17.5. The number of nitrogens with zero attached hydrogens (tertiary/aromatic N) is 3. The van der Waals surface area contributed by atoms with Crippen molar-refractivity contribution in [3.63, 3.8) is 0 Å². The van der Waals surface area contributed by atoms with Crippen molar-refractivity contribution in [2.45, 2.75) is 103 Å². The zero-order chi connectivity index (χ0) is 27.0. The number of carbonyl (C=O) groups is 2. The molecule has 3 atom stereocenters. The Labute approximate surface area is 222 Å². The molecular formula is C28H47N5O4. The Morgan fingerprint density at radius 3 is 2.65 bits per heavy atom. The number of anilines is 1. The molecule has 0 spiro atoms. The molecule has 0 radical (unpaired) electrons. The van der Waals surface area contributed by atoms with Crippen LogP contribution < -0.4 is 10.6 Å². The number of carboxylic acid groups (broad SMARTS) is 1. The van der Waals surface area contributed by atoms with Gasteiger partial charge in [0.05, 0.1) is 12.2 Å². The average Bonchev–Trinajstić information content (AvgIpc) is 2.82. The van der Waals surface area contributed by atoms with Crippen molar-refractivity contribution >= 4 is 17.8 Å². The zero-order valence-electron chi connectivity index (χ0n) is 23.4. The normalized spacial score (nSPS) is 20.1. The minimum Gasteiger partial charge on any atom is -0.480 e. The van der Waals surface area contributed by atoms with Crippen molar-refractivity contribution in [3.8, 4) is 0 Å². The number of ether oxygens (including phenoxy) is 1. The number of aryl methyl sites for hydroxylation is 2. The lowest BCUT2D eigenvalue weighted by atomic mass is 9.96. The van der Waals surface area contributed by atoms with Crippen LogP contribution in [0.4, 0.5) is 10.6 Å². The largest absolute Gasteiger partial charge is 0.480 e. The van der Waals surface area contributed by atoms with Crippen LogP contribution in [0, 0.1) is 0 Å². The second kappa shape index (κ2) is 13.4. The van der Waals surface area contributed by atoms with Gasteiger partial charge >= 0.3 is 12.0 Å². The molecule has 1 saturated heterocycles. The molecule has 37 heavy (non-hydrogen) atoms. The Morgan fingerprint density at radius 2 is 1.97 bits per heavy atom. The van der Waals surface area contributed by atoms with E-state index in [4.69, 9.17) is 9.72 Å². The van der Waals surface area contributed by atoms with Crippen molar-refractivity contribution in [1.29, 1.82) is 0 Å². The first kappa shape index (κ1) is 29.2. The highest BCUT2D eigenvalue weighted by atomic mass is 16.5. The number of amides is 2. The van der Waals surface area contributed by atoms with Crippen LogP contribution in [-0.4, -0.2) is 88.4 Å². The topological polar surface area (TPSA) is 107 Å². The maximum absolute atomic E-state index is 12.6. The molecule has 208 valence electrons. The number of hydrogen-bond donors (Lipinski definition) is 3. The highest BCUT2D eigenvalue weighted by Gasteiger charge is 2.37. The quantitative estimate of drug-likeness (QED) is 0.341. The molecule has 2 aliphatic rings. The van der Waals surface area contributed by atoms with Crippen LogP contribution in [0.15, 0.2) is 12.1 Å². The number of unbranched alkanes of at least 4 members (excludes halogenated alkanes) is 1. The number of rotatable bonds is 13. The van der Waals surface area contributed by atoms with E-state index in [2.05, 4.69) is 27.7 Å². The molecule has 3 rings (SSSR count). The number of hydrogen-bond acceptors (Lipinski definition) is 6. The van der Waals surface area contributed by atoms with E-state index < -0.39 is 12.0 Å². The lowest BCUT2D eigenvalue weighted by Crippen LogP contribution is -2.61. The third-order valence-electron chi connectivity index (χ3n) is 7.25. The molecule has 2 amide bonds. The number of fused-ring (bicyclic) bond motifs is 1. The summed E-state index contributed by atoms with van der Waals surface area (Å²) in [5, 5.41) is 15.9. The molecule has 2 aliphatic heterocycles. The van der Waals surface area contributed by atoms with Crippen LogP contribution in [-0.2, 0) is 22.4 Å². The molecule has 9 nitrogen and oxygen atoms in total. The first-order valence-electron chi connectivity index (χ1n) is 13.9. The molecule has 1 fully saturated rings. The van der Waals surface area contributed by atoms with Crippen LogP contribution in [0.1, 0.15) is 78.0 Å². The highest BCUT2D eigenvalue weighted by Crippen LogP contribution is 2.25. The monoisotopic (exact) mass is 517 g/mol. The van der Waals surface area contributed by atoms with Crippen molar-refractivity contribution in [2.24, 2.45) is 0 Å². The van der Waals surface area contributed by atoms with Gasteiger partial charge in [0.25, 0.3) is 0 Å². The predicted octanol–water partition coefficient (Wildman–Crippen LogP) is 3.92. The predicted molar refractivity (Wildman–Crippen MR) is 146 cm³/mol. The third-order valence-corrected chi connectivity index (χ3v) is 7.25. The van der Waals surface area contributed by atoms with Crippen LogP contribution in [0.5, 0.6) is 0 Å². The molecule has 3 unspecified atom stereocenters. The summed E-state index contributed by atoms with van der Waals surface area (Å²) in [5.74, 6) is 0.0423. The van der Waals surface area contributed by atoms with E-state index in [1.165, 1.54) is 5.56 Å². The Balaban J connectivity index is 1.49. The summed E-state index contributed by atoms with van der Waals surface area (Å²) in [6, 6.07) is 3.44. The van der Waals surface area contributed by atoms with Crippen molar-refractivity contribution in [1.82, 2.24) is 20.1 Å². The Morgan fingerprint density at radius 1 is 1.22 bits per heavy atom. The number of pyridine rings is 1. The maximum Gasteiger partial charge on any atom is 0.326 e. The molecule has 3 heterocycles. The first-order valence-corrected chi connectivity index (χ1v) is 13.9. The number of aromatic nitrogens is 1. The molecule has 1 aromatic heterocycles. The molecule has 9 heteroatoms. The number of likely N-dealkylation sites (tertiary alicyclic amines) is 1. The summed E-state index contributed by atoms with van der Waals surface area (Å²) in [4.78, 5) is 33.3. The fourth-order valence-electron chi connectivity index (χ4n) is 5.18. The van der Waals surface area contributed by atoms with Gasteiger partial charge in [-0.3, -0.25) is 0 Å². The van der Waals surface area contributed by atoms with Gasteiger partial charge in [0.2, 0.25) is 0 Å². The van der Waals surface area contributed by atoms with Gasteiger partial charge in [-0.2, -0.15) is 0 Å². The number of carboxylic acids is 1. The maximum atomic E-state index is 12.6. The fraction of sp³-hybridized carbons (Fsp3) is 0.750. The highest BCUT2D eigenvalue weighted by molar-refractivity contribution is 5.83. The van der Waals surface area contributed by atoms with Gasteiger partial charge in [-0.1, -0.05) is 6.07 Å². The molecule has 0 bridgehead atoms. The van der Waals surface area contributed by atoms with E-state index >= 15 is 0 Å². The van der Waals surface area contributed by atoms with Crippen LogP contribution in [0.2, 0.25) is 0 Å². The Kier molecular flexibility index (Phi) is 10.6. The van der Waals surface area contributed by atoms with Crippen LogP contribution in [0.3, 0.4) is 0 Å². The van der Waals surface area contributed by atoms with Gasteiger partial charge < -0.3 is 30.3 Å². The standard InChI is InChI=1S/C28H47N5O4/c1-20-19-21(2)33(20)27(36)31-24(26(34)35)13-16-32(17-18-37-28(3,4)5)15-7-6-10-23-12-11-22-9-8-14-29-25(22)30-23/h11-12,20-21,24H,6-10,13-19H2,1-5H3,(H,29,30)(H,31,36)(H,34,35). The van der Waals surface area contributed by atoms with Crippen molar-refractivity contribution in [3.05, 3.63) is 23.4 Å². The fourth-order valence-corrected chi connectivity index (χ4v) is 5.18. The lowest BCUT2D eigenvalue weighted by molar-refractivity contribution is -0.139. The van der Waals surface area contributed by atoms with Gasteiger partial charge in [-0.25, -0.2) is 14.6 Å². The average molecular weight is 518 g/mol.